The van der Waals surface area contributed by atoms with Crippen LogP contribution in [-0.4, -0.2) is 58.4 Å². The van der Waals surface area contributed by atoms with E-state index >= 15 is 0 Å². The third-order valence-corrected chi connectivity index (χ3v) is 6.25. The van der Waals surface area contributed by atoms with Gasteiger partial charge < -0.3 is 20.1 Å². The van der Waals surface area contributed by atoms with Gasteiger partial charge in [-0.2, -0.15) is 18.2 Å². The Kier molecular flexibility index (Phi) is 6.54. The largest absolute Gasteiger partial charge is 0.439 e. The van der Waals surface area contributed by atoms with E-state index in [-0.39, 0.29) is 23.0 Å². The summed E-state index contributed by atoms with van der Waals surface area (Å²) in [4.78, 5) is 32.5. The van der Waals surface area contributed by atoms with E-state index in [1.807, 2.05) is 37.3 Å². The van der Waals surface area contributed by atoms with Gasteiger partial charge in [0.1, 0.15) is 11.9 Å². The maximum atomic E-state index is 13.9. The number of halogens is 3. The van der Waals surface area contributed by atoms with Crippen LogP contribution in [0.3, 0.4) is 0 Å². The summed E-state index contributed by atoms with van der Waals surface area (Å²) >= 11 is 0. The van der Waals surface area contributed by atoms with Crippen molar-refractivity contribution in [3.05, 3.63) is 53.9 Å². The third kappa shape index (κ3) is 4.86. The highest BCUT2D eigenvalue weighted by atomic mass is 19.4. The molecule has 2 unspecified atom stereocenters. The lowest BCUT2D eigenvalue weighted by atomic mass is 10.00. The summed E-state index contributed by atoms with van der Waals surface area (Å²) in [5, 5.41) is 0. The maximum Gasteiger partial charge on any atom is 0.434 e. The predicted octanol–water partition coefficient (Wildman–Crippen LogP) is 3.85. The number of rotatable bonds is 5. The molecule has 2 atom stereocenters. The second-order valence-corrected chi connectivity index (χ2v) is 8.56. The van der Waals surface area contributed by atoms with Crippen molar-refractivity contribution in [2.45, 2.75) is 31.7 Å². The summed E-state index contributed by atoms with van der Waals surface area (Å²) in [6, 6.07) is 10.1. The first-order chi connectivity index (χ1) is 17.8. The molecule has 2 aliphatic rings. The molecule has 3 aromatic rings. The quantitative estimate of drug-likeness (QED) is 0.540. The number of alkyl halides is 3. The number of hydrogen-bond acceptors (Lipinski definition) is 9. The predicted molar refractivity (Wildman–Crippen MR) is 128 cm³/mol. The minimum absolute atomic E-state index is 0.0929. The average Bonchev–Trinajstić information content (AvgIpc) is 3.25. The molecule has 4 heterocycles. The number of carbonyl (C=O) groups is 1. The van der Waals surface area contributed by atoms with Gasteiger partial charge in [0.2, 0.25) is 11.9 Å². The van der Waals surface area contributed by atoms with Gasteiger partial charge in [-0.05, 0) is 12.0 Å². The Hall–Kier alpha value is -4.00. The van der Waals surface area contributed by atoms with E-state index in [9.17, 15) is 18.0 Å². The van der Waals surface area contributed by atoms with Crippen LogP contribution in [0, 0.1) is 0 Å². The minimum atomic E-state index is -4.81. The Morgan fingerprint density at radius 3 is 2.51 bits per heavy atom. The van der Waals surface area contributed by atoms with Crippen molar-refractivity contribution < 1.29 is 27.4 Å². The zero-order chi connectivity index (χ0) is 26.2. The fraction of sp³-hybridized carbons (Fsp3) is 0.375. The smallest absolute Gasteiger partial charge is 0.434 e. The van der Waals surface area contributed by atoms with E-state index in [4.69, 9.17) is 15.2 Å². The number of aromatic nitrogens is 4. The topological polar surface area (TPSA) is 120 Å². The van der Waals surface area contributed by atoms with Gasteiger partial charge in [0, 0.05) is 30.9 Å². The second-order valence-electron chi connectivity index (χ2n) is 8.56. The summed E-state index contributed by atoms with van der Waals surface area (Å²) in [7, 11) is 0. The number of carbonyl (C=O) groups excluding carboxylic acids is 1. The normalized spacial score (nSPS) is 20.3. The molecule has 10 nitrogen and oxygen atoms in total. The Labute approximate surface area is 210 Å². The van der Waals surface area contributed by atoms with E-state index in [0.29, 0.717) is 32.7 Å². The molecule has 0 aliphatic carbocycles. The van der Waals surface area contributed by atoms with Gasteiger partial charge in [-0.15, -0.1) is 0 Å². The number of hydrogen-bond donors (Lipinski definition) is 1. The van der Waals surface area contributed by atoms with E-state index in [2.05, 4.69) is 19.9 Å². The highest BCUT2D eigenvalue weighted by Crippen LogP contribution is 2.40. The molecule has 0 bridgehead atoms. The molecule has 2 fully saturated rings. The molecule has 0 radical (unpaired) electrons. The second kappa shape index (κ2) is 9.81. The zero-order valence-corrected chi connectivity index (χ0v) is 19.9. The number of nitrogen functional groups attached to an aromatic ring is 1. The SMILES string of the molecule is CCC1C(c2ccccc2)OC(=O)N1c1cc(-c2cnc(N)nc2C(F)(F)F)nc(N2CCOCC2)n1. The van der Waals surface area contributed by atoms with Gasteiger partial charge in [0.05, 0.1) is 24.9 Å². The Morgan fingerprint density at radius 1 is 1.11 bits per heavy atom. The highest BCUT2D eigenvalue weighted by Gasteiger charge is 2.44. The first-order valence-corrected chi connectivity index (χ1v) is 11.7. The van der Waals surface area contributed by atoms with Crippen LogP contribution in [0.4, 0.5) is 35.7 Å². The van der Waals surface area contributed by atoms with Crippen LogP contribution in [0.5, 0.6) is 0 Å². The molecular formula is C24H24F3N7O3. The summed E-state index contributed by atoms with van der Waals surface area (Å²) in [5.74, 6) is -0.239. The third-order valence-electron chi connectivity index (χ3n) is 6.25. The van der Waals surface area contributed by atoms with Crippen LogP contribution < -0.4 is 15.5 Å². The molecule has 1 amide bonds. The number of amides is 1. The maximum absolute atomic E-state index is 13.9. The first-order valence-electron chi connectivity index (χ1n) is 11.7. The van der Waals surface area contributed by atoms with Crippen molar-refractivity contribution >= 4 is 23.8 Å². The molecule has 0 saturated carbocycles. The molecule has 2 N–H and O–H groups in total. The average molecular weight is 515 g/mol. The fourth-order valence-corrected chi connectivity index (χ4v) is 4.49. The lowest BCUT2D eigenvalue weighted by Crippen LogP contribution is -2.39. The van der Waals surface area contributed by atoms with Crippen LogP contribution in [0.15, 0.2) is 42.6 Å². The van der Waals surface area contributed by atoms with Gasteiger partial charge >= 0.3 is 12.3 Å². The van der Waals surface area contributed by atoms with Crippen molar-refractivity contribution in [2.75, 3.05) is 41.8 Å². The van der Waals surface area contributed by atoms with Crippen molar-refractivity contribution in [1.29, 1.82) is 0 Å². The van der Waals surface area contributed by atoms with Gasteiger partial charge in [0.15, 0.2) is 5.69 Å². The monoisotopic (exact) mass is 515 g/mol. The number of cyclic esters (lactones) is 1. The number of nitrogens with two attached hydrogens (primary N) is 1. The Bertz CT molecular complexity index is 1290. The summed E-state index contributed by atoms with van der Waals surface area (Å²) in [6.45, 7) is 3.57. The lowest BCUT2D eigenvalue weighted by molar-refractivity contribution is -0.140. The molecule has 2 aromatic heterocycles. The van der Waals surface area contributed by atoms with Crippen molar-refractivity contribution in [3.63, 3.8) is 0 Å². The number of ether oxygens (including phenoxy) is 2. The molecule has 13 heteroatoms. The van der Waals surface area contributed by atoms with Gasteiger partial charge in [0.25, 0.3) is 0 Å². The van der Waals surface area contributed by atoms with Crippen molar-refractivity contribution in [1.82, 2.24) is 19.9 Å². The zero-order valence-electron chi connectivity index (χ0n) is 19.9. The van der Waals surface area contributed by atoms with Crippen LogP contribution in [0.25, 0.3) is 11.3 Å². The molecule has 2 aliphatic heterocycles. The van der Waals surface area contributed by atoms with E-state index in [1.54, 1.807) is 4.90 Å². The number of anilines is 3. The molecule has 1 aromatic carbocycles. The number of nitrogens with zero attached hydrogens (tertiary/aromatic N) is 6. The molecule has 194 valence electrons. The fourth-order valence-electron chi connectivity index (χ4n) is 4.49. The van der Waals surface area contributed by atoms with Crippen LogP contribution in [-0.2, 0) is 15.7 Å². The Morgan fingerprint density at radius 2 is 1.84 bits per heavy atom. The molecular weight excluding hydrogens is 491 g/mol. The van der Waals surface area contributed by atoms with Crippen molar-refractivity contribution in [2.24, 2.45) is 0 Å². The summed E-state index contributed by atoms with van der Waals surface area (Å²) < 4.78 is 52.8. The van der Waals surface area contributed by atoms with Crippen LogP contribution in [0.1, 0.15) is 30.7 Å². The number of morpholine rings is 1. The van der Waals surface area contributed by atoms with E-state index < -0.39 is 36.1 Å². The van der Waals surface area contributed by atoms with Crippen LogP contribution in [0.2, 0.25) is 0 Å². The molecule has 37 heavy (non-hydrogen) atoms. The first kappa shape index (κ1) is 24.7. The lowest BCUT2D eigenvalue weighted by Gasteiger charge is -2.29. The van der Waals surface area contributed by atoms with Crippen LogP contribution >= 0.6 is 0 Å². The van der Waals surface area contributed by atoms with Gasteiger partial charge in [-0.1, -0.05) is 37.3 Å². The number of benzene rings is 1. The highest BCUT2D eigenvalue weighted by molar-refractivity contribution is 5.90. The summed E-state index contributed by atoms with van der Waals surface area (Å²) in [6.07, 6.45) is -4.55. The van der Waals surface area contributed by atoms with Gasteiger partial charge in [-0.25, -0.2) is 19.7 Å². The molecule has 2 saturated heterocycles. The minimum Gasteiger partial charge on any atom is -0.439 e. The van der Waals surface area contributed by atoms with Gasteiger partial charge in [-0.3, -0.25) is 4.90 Å². The molecule has 0 spiro atoms. The van der Waals surface area contributed by atoms with E-state index in [1.165, 1.54) is 11.0 Å². The summed E-state index contributed by atoms with van der Waals surface area (Å²) in [5.41, 5.74) is 4.57. The van der Waals surface area contributed by atoms with E-state index in [0.717, 1.165) is 11.8 Å². The molecule has 5 rings (SSSR count). The standard InChI is InChI=1S/C24H24F3N7O3/c1-2-17-19(14-6-4-3-5-7-14)37-23(35)34(17)18-12-16(30-22(31-18)33-8-10-36-11-9-33)15-13-29-21(28)32-20(15)24(25,26)27/h3-7,12-13,17,19H,2,8-11H2,1H3,(H2,28,29,32). The Balaban J connectivity index is 1.64. The van der Waals surface area contributed by atoms with Crippen molar-refractivity contribution in [3.8, 4) is 11.3 Å².